The van der Waals surface area contributed by atoms with Crippen molar-refractivity contribution in [1.29, 1.82) is 0 Å². The minimum absolute atomic E-state index is 0.00657. The first-order valence-electron chi connectivity index (χ1n) is 11.0. The number of sulfonamides is 1. The van der Waals surface area contributed by atoms with Crippen molar-refractivity contribution in [2.75, 3.05) is 15.4 Å². The lowest BCUT2D eigenvalue weighted by Crippen LogP contribution is -2.20. The van der Waals surface area contributed by atoms with E-state index in [9.17, 15) is 26.4 Å². The molecule has 3 aromatic rings. The van der Waals surface area contributed by atoms with Gasteiger partial charge in [-0.2, -0.15) is 13.2 Å². The molecule has 6 nitrogen and oxygen atoms in total. The Bertz CT molecular complexity index is 1320. The van der Waals surface area contributed by atoms with Crippen molar-refractivity contribution in [3.05, 3.63) is 83.4 Å². The standard InChI is InChI=1S/C25H24F3N3O3S/c1-16-5-10-22(30-24(32)29-20-13-8-19(9-14-20)25(26,27)28)15-23(16)35(33,34)31-21-11-6-18(7-12-21)17-3-2-4-17/h5-15,17,31H,2-4H2,1H3,(H2,29,30,32). The largest absolute Gasteiger partial charge is 0.416 e. The molecule has 1 fully saturated rings. The van der Waals surface area contributed by atoms with Crippen LogP contribution in [0.4, 0.5) is 35.0 Å². The third-order valence-corrected chi connectivity index (χ3v) is 7.47. The molecule has 4 rings (SSSR count). The monoisotopic (exact) mass is 503 g/mol. The Labute approximate surface area is 201 Å². The third kappa shape index (κ3) is 5.94. The molecule has 0 atom stereocenters. The highest BCUT2D eigenvalue weighted by Crippen LogP contribution is 2.36. The van der Waals surface area contributed by atoms with Gasteiger partial charge in [-0.25, -0.2) is 13.2 Å². The second-order valence-corrected chi connectivity index (χ2v) is 10.1. The molecule has 0 unspecified atom stereocenters. The summed E-state index contributed by atoms with van der Waals surface area (Å²) >= 11 is 0. The summed E-state index contributed by atoms with van der Waals surface area (Å²) in [4.78, 5) is 12.3. The van der Waals surface area contributed by atoms with Crippen molar-refractivity contribution in [3.8, 4) is 0 Å². The first-order chi connectivity index (χ1) is 16.5. The topological polar surface area (TPSA) is 87.3 Å². The Morgan fingerprint density at radius 2 is 1.43 bits per heavy atom. The first kappa shape index (κ1) is 24.6. The molecule has 1 saturated carbocycles. The van der Waals surface area contributed by atoms with Crippen LogP contribution in [-0.4, -0.2) is 14.4 Å². The summed E-state index contributed by atoms with van der Waals surface area (Å²) in [5.74, 6) is 0.541. The Kier molecular flexibility index (Phi) is 6.75. The molecule has 0 saturated heterocycles. The van der Waals surface area contributed by atoms with E-state index in [1.807, 2.05) is 12.1 Å². The van der Waals surface area contributed by atoms with Gasteiger partial charge in [-0.1, -0.05) is 24.6 Å². The molecule has 10 heteroatoms. The number of hydrogen-bond acceptors (Lipinski definition) is 3. The van der Waals surface area contributed by atoms with E-state index in [1.54, 1.807) is 25.1 Å². The molecule has 0 bridgehead atoms. The van der Waals surface area contributed by atoms with Gasteiger partial charge in [-0.15, -0.1) is 0 Å². The van der Waals surface area contributed by atoms with Gasteiger partial charge in [-0.3, -0.25) is 4.72 Å². The number of halogens is 3. The third-order valence-electron chi connectivity index (χ3n) is 5.95. The molecule has 3 aromatic carbocycles. The molecule has 1 aliphatic carbocycles. The molecule has 184 valence electrons. The first-order valence-corrected chi connectivity index (χ1v) is 12.5. The zero-order valence-corrected chi connectivity index (χ0v) is 19.6. The second-order valence-electron chi connectivity index (χ2n) is 8.49. The van der Waals surface area contributed by atoms with Crippen LogP contribution in [0.5, 0.6) is 0 Å². The molecule has 35 heavy (non-hydrogen) atoms. The van der Waals surface area contributed by atoms with Gasteiger partial charge in [0, 0.05) is 17.1 Å². The van der Waals surface area contributed by atoms with Gasteiger partial charge >= 0.3 is 12.2 Å². The normalized spacial score (nSPS) is 14.2. The fraction of sp³-hybridized carbons (Fsp3) is 0.240. The van der Waals surface area contributed by atoms with E-state index < -0.39 is 27.8 Å². The summed E-state index contributed by atoms with van der Waals surface area (Å²) in [5, 5.41) is 4.93. The van der Waals surface area contributed by atoms with E-state index in [1.165, 1.54) is 24.1 Å². The van der Waals surface area contributed by atoms with E-state index in [-0.39, 0.29) is 16.3 Å². The van der Waals surface area contributed by atoms with Crippen LogP contribution < -0.4 is 15.4 Å². The van der Waals surface area contributed by atoms with Gasteiger partial charge in [0.15, 0.2) is 0 Å². The van der Waals surface area contributed by atoms with Gasteiger partial charge in [0.1, 0.15) is 0 Å². The summed E-state index contributed by atoms with van der Waals surface area (Å²) < 4.78 is 66.7. The Hall–Kier alpha value is -3.53. The van der Waals surface area contributed by atoms with Crippen LogP contribution >= 0.6 is 0 Å². The van der Waals surface area contributed by atoms with Crippen LogP contribution in [0.1, 0.15) is 41.9 Å². The smallest absolute Gasteiger partial charge is 0.308 e. The van der Waals surface area contributed by atoms with Crippen LogP contribution in [0.3, 0.4) is 0 Å². The number of carbonyl (C=O) groups excluding carboxylic acids is 1. The number of aryl methyl sites for hydroxylation is 1. The van der Waals surface area contributed by atoms with Crippen LogP contribution in [-0.2, 0) is 16.2 Å². The van der Waals surface area contributed by atoms with Crippen molar-refractivity contribution >= 4 is 33.1 Å². The van der Waals surface area contributed by atoms with E-state index in [2.05, 4.69) is 15.4 Å². The molecule has 0 spiro atoms. The molecular weight excluding hydrogens is 479 g/mol. The van der Waals surface area contributed by atoms with Crippen molar-refractivity contribution < 1.29 is 26.4 Å². The lowest BCUT2D eigenvalue weighted by atomic mass is 9.80. The Balaban J connectivity index is 1.44. The zero-order valence-electron chi connectivity index (χ0n) is 18.8. The maximum absolute atomic E-state index is 13.0. The van der Waals surface area contributed by atoms with Crippen molar-refractivity contribution in [3.63, 3.8) is 0 Å². The van der Waals surface area contributed by atoms with Crippen LogP contribution in [0, 0.1) is 6.92 Å². The molecule has 3 N–H and O–H groups in total. The number of hydrogen-bond donors (Lipinski definition) is 3. The average molecular weight is 504 g/mol. The number of alkyl halides is 3. The van der Waals surface area contributed by atoms with Gasteiger partial charge in [-0.05, 0) is 85.3 Å². The predicted molar refractivity (Wildman–Crippen MR) is 129 cm³/mol. The molecule has 0 radical (unpaired) electrons. The number of anilines is 3. The summed E-state index contributed by atoms with van der Waals surface area (Å²) in [6.07, 6.45) is -0.963. The van der Waals surface area contributed by atoms with Gasteiger partial charge in [0.05, 0.1) is 10.5 Å². The predicted octanol–water partition coefficient (Wildman–Crippen LogP) is 6.73. The fourth-order valence-electron chi connectivity index (χ4n) is 3.78. The number of carbonyl (C=O) groups is 1. The van der Waals surface area contributed by atoms with E-state index in [0.29, 0.717) is 17.2 Å². The van der Waals surface area contributed by atoms with E-state index in [4.69, 9.17) is 0 Å². The van der Waals surface area contributed by atoms with Crippen molar-refractivity contribution in [1.82, 2.24) is 0 Å². The molecule has 0 heterocycles. The van der Waals surface area contributed by atoms with Crippen LogP contribution in [0.25, 0.3) is 0 Å². The highest BCUT2D eigenvalue weighted by atomic mass is 32.2. The lowest BCUT2D eigenvalue weighted by Gasteiger charge is -2.25. The van der Waals surface area contributed by atoms with Crippen LogP contribution in [0.15, 0.2) is 71.6 Å². The maximum atomic E-state index is 13.0. The maximum Gasteiger partial charge on any atom is 0.416 e. The summed E-state index contributed by atoms with van der Waals surface area (Å²) in [6.45, 7) is 1.64. The van der Waals surface area contributed by atoms with Crippen LogP contribution in [0.2, 0.25) is 0 Å². The lowest BCUT2D eigenvalue weighted by molar-refractivity contribution is -0.137. The second kappa shape index (κ2) is 9.61. The number of nitrogens with one attached hydrogen (secondary N) is 3. The van der Waals surface area contributed by atoms with Crippen molar-refractivity contribution in [2.24, 2.45) is 0 Å². The highest BCUT2D eigenvalue weighted by Gasteiger charge is 2.30. The molecule has 0 aliphatic heterocycles. The molecule has 0 aromatic heterocycles. The van der Waals surface area contributed by atoms with Gasteiger partial charge in [0.25, 0.3) is 10.0 Å². The SMILES string of the molecule is Cc1ccc(NC(=O)Nc2ccc(C(F)(F)F)cc2)cc1S(=O)(=O)Nc1ccc(C2CCC2)cc1. The quantitative estimate of drug-likeness (QED) is 0.349. The number of rotatable bonds is 6. The van der Waals surface area contributed by atoms with E-state index >= 15 is 0 Å². The molecular formula is C25H24F3N3O3S. The summed E-state index contributed by atoms with van der Waals surface area (Å²) in [7, 11) is -3.93. The molecule has 2 amide bonds. The number of urea groups is 1. The summed E-state index contributed by atoms with van der Waals surface area (Å²) in [5.41, 5.74) is 1.65. The zero-order chi connectivity index (χ0) is 25.2. The van der Waals surface area contributed by atoms with Crippen molar-refractivity contribution in [2.45, 2.75) is 43.2 Å². The summed E-state index contributed by atoms with van der Waals surface area (Å²) in [6, 6.07) is 15.0. The average Bonchev–Trinajstić information content (AvgIpc) is 2.74. The van der Waals surface area contributed by atoms with E-state index in [0.717, 1.165) is 37.1 Å². The highest BCUT2D eigenvalue weighted by molar-refractivity contribution is 7.92. The Morgan fingerprint density at radius 3 is 2.00 bits per heavy atom. The van der Waals surface area contributed by atoms with Gasteiger partial charge in [0.2, 0.25) is 0 Å². The number of benzene rings is 3. The minimum Gasteiger partial charge on any atom is -0.308 e. The van der Waals surface area contributed by atoms with Gasteiger partial charge < -0.3 is 10.6 Å². The fourth-order valence-corrected chi connectivity index (χ4v) is 5.11. The minimum atomic E-state index is -4.47. The number of amides is 2. The molecule has 1 aliphatic rings. The Morgan fingerprint density at radius 1 is 0.857 bits per heavy atom.